The van der Waals surface area contributed by atoms with E-state index in [0.717, 1.165) is 54.7 Å². The lowest BCUT2D eigenvalue weighted by Crippen LogP contribution is -2.18. The van der Waals surface area contributed by atoms with Gasteiger partial charge in [0.1, 0.15) is 5.82 Å². The number of nitrogens with one attached hydrogen (secondary N) is 2. The van der Waals surface area contributed by atoms with Gasteiger partial charge in [-0.3, -0.25) is 5.43 Å². The van der Waals surface area contributed by atoms with Crippen LogP contribution < -0.4 is 10.7 Å². The maximum Gasteiger partial charge on any atom is 0.123 e. The average molecular weight is 271 g/mol. The van der Waals surface area contributed by atoms with E-state index in [0.29, 0.717) is 5.92 Å². The van der Waals surface area contributed by atoms with Gasteiger partial charge in [0.05, 0.1) is 11.4 Å². The molecule has 2 atom stereocenters. The van der Waals surface area contributed by atoms with Gasteiger partial charge in [0.15, 0.2) is 0 Å². The van der Waals surface area contributed by atoms with E-state index in [1.807, 2.05) is 0 Å². The van der Waals surface area contributed by atoms with E-state index in [-0.39, 0.29) is 5.82 Å². The maximum absolute atomic E-state index is 13.3. The topological polar surface area (TPSA) is 36.4 Å². The molecule has 2 heterocycles. The van der Waals surface area contributed by atoms with Crippen LogP contribution in [0.4, 0.5) is 10.1 Å². The third-order valence-electron chi connectivity index (χ3n) is 4.67. The summed E-state index contributed by atoms with van der Waals surface area (Å²) < 4.78 is 13.3. The molecule has 4 rings (SSSR count). The molecule has 0 bridgehead atoms. The van der Waals surface area contributed by atoms with Gasteiger partial charge in [-0.1, -0.05) is 6.08 Å². The zero-order chi connectivity index (χ0) is 13.5. The summed E-state index contributed by atoms with van der Waals surface area (Å²) in [5.41, 5.74) is 6.22. The summed E-state index contributed by atoms with van der Waals surface area (Å²) in [5, 5.41) is 8.00. The fourth-order valence-corrected chi connectivity index (χ4v) is 3.53. The zero-order valence-electron chi connectivity index (χ0n) is 11.3. The van der Waals surface area contributed by atoms with Gasteiger partial charge in [0, 0.05) is 5.92 Å². The summed E-state index contributed by atoms with van der Waals surface area (Å²) in [5.74, 6) is 1.94. The highest BCUT2D eigenvalue weighted by molar-refractivity contribution is 6.00. The van der Waals surface area contributed by atoms with Gasteiger partial charge in [-0.25, -0.2) is 4.39 Å². The van der Waals surface area contributed by atoms with Crippen LogP contribution in [0.5, 0.6) is 0 Å². The number of aryl methyl sites for hydroxylation is 1. The minimum atomic E-state index is -0.180. The van der Waals surface area contributed by atoms with Crippen LogP contribution in [0.1, 0.15) is 12.0 Å². The van der Waals surface area contributed by atoms with E-state index < -0.39 is 0 Å². The SMILES string of the molecule is Fc1ccc2c(c1)CC/C=C/C(C1C3CNCC31)=N\N2. The lowest BCUT2D eigenvalue weighted by molar-refractivity contribution is 0.625. The molecule has 2 unspecified atom stereocenters. The van der Waals surface area contributed by atoms with Gasteiger partial charge >= 0.3 is 0 Å². The number of allylic oxidation sites excluding steroid dienone is 2. The molecule has 4 heteroatoms. The molecular weight excluding hydrogens is 253 g/mol. The second kappa shape index (κ2) is 4.70. The molecule has 104 valence electrons. The van der Waals surface area contributed by atoms with Gasteiger partial charge in [0.25, 0.3) is 0 Å². The summed E-state index contributed by atoms with van der Waals surface area (Å²) in [6.07, 6.45) is 6.09. The van der Waals surface area contributed by atoms with Crippen molar-refractivity contribution in [1.29, 1.82) is 0 Å². The first kappa shape index (κ1) is 12.1. The Kier molecular flexibility index (Phi) is 2.84. The molecule has 2 N–H and O–H groups in total. The van der Waals surface area contributed by atoms with Gasteiger partial charge in [-0.15, -0.1) is 0 Å². The van der Waals surface area contributed by atoms with Crippen LogP contribution in [0.3, 0.4) is 0 Å². The number of benzene rings is 1. The monoisotopic (exact) mass is 271 g/mol. The first-order valence-corrected chi connectivity index (χ1v) is 7.32. The lowest BCUT2D eigenvalue weighted by Gasteiger charge is -2.09. The Bertz CT molecular complexity index is 583. The number of hydrogen-bond acceptors (Lipinski definition) is 3. The van der Waals surface area contributed by atoms with Crippen LogP contribution in [-0.4, -0.2) is 18.8 Å². The Hall–Kier alpha value is -1.68. The molecule has 2 aliphatic heterocycles. The van der Waals surface area contributed by atoms with Crippen LogP contribution in [-0.2, 0) is 6.42 Å². The molecule has 0 radical (unpaired) electrons. The van der Waals surface area contributed by atoms with Crippen LogP contribution in [0.25, 0.3) is 0 Å². The van der Waals surface area contributed by atoms with Crippen molar-refractivity contribution < 1.29 is 4.39 Å². The molecule has 0 aromatic heterocycles. The highest BCUT2D eigenvalue weighted by Crippen LogP contribution is 2.49. The number of anilines is 1. The van der Waals surface area contributed by atoms with E-state index in [1.54, 1.807) is 12.1 Å². The Morgan fingerprint density at radius 3 is 2.90 bits per heavy atom. The number of piperidine rings is 1. The molecule has 1 saturated carbocycles. The van der Waals surface area contributed by atoms with Gasteiger partial charge in [0.2, 0.25) is 0 Å². The Balaban J connectivity index is 1.61. The second-order valence-corrected chi connectivity index (χ2v) is 5.90. The predicted octanol–water partition coefficient (Wildman–Crippen LogP) is 2.56. The van der Waals surface area contributed by atoms with Crippen LogP contribution >= 0.6 is 0 Å². The number of hydrogen-bond donors (Lipinski definition) is 2. The minimum Gasteiger partial charge on any atom is -0.316 e. The minimum absolute atomic E-state index is 0.180. The maximum atomic E-state index is 13.3. The van der Waals surface area contributed by atoms with Crippen molar-refractivity contribution in [3.05, 3.63) is 41.7 Å². The summed E-state index contributed by atoms with van der Waals surface area (Å²) >= 11 is 0. The third-order valence-corrected chi connectivity index (χ3v) is 4.67. The zero-order valence-corrected chi connectivity index (χ0v) is 11.3. The number of fused-ring (bicyclic) bond motifs is 2. The molecule has 0 spiro atoms. The molecule has 1 saturated heterocycles. The summed E-state index contributed by atoms with van der Waals surface area (Å²) in [7, 11) is 0. The molecule has 1 aliphatic carbocycles. The van der Waals surface area contributed by atoms with Crippen molar-refractivity contribution in [3.63, 3.8) is 0 Å². The fourth-order valence-electron chi connectivity index (χ4n) is 3.53. The quantitative estimate of drug-likeness (QED) is 0.823. The Morgan fingerprint density at radius 2 is 2.05 bits per heavy atom. The summed E-state index contributed by atoms with van der Waals surface area (Å²) in [6.45, 7) is 2.23. The molecule has 0 amide bonds. The van der Waals surface area contributed by atoms with E-state index in [9.17, 15) is 4.39 Å². The van der Waals surface area contributed by atoms with Crippen LogP contribution in [0, 0.1) is 23.6 Å². The summed E-state index contributed by atoms with van der Waals surface area (Å²) in [4.78, 5) is 0. The predicted molar refractivity (Wildman–Crippen MR) is 78.3 cm³/mol. The second-order valence-electron chi connectivity index (χ2n) is 5.90. The Morgan fingerprint density at radius 1 is 1.20 bits per heavy atom. The van der Waals surface area contributed by atoms with Crippen LogP contribution in [0.2, 0.25) is 0 Å². The molecule has 20 heavy (non-hydrogen) atoms. The molecule has 3 aliphatic rings. The van der Waals surface area contributed by atoms with Crippen LogP contribution in [0.15, 0.2) is 35.5 Å². The van der Waals surface area contributed by atoms with Crippen molar-refractivity contribution in [3.8, 4) is 0 Å². The third kappa shape index (κ3) is 2.04. The van der Waals surface area contributed by atoms with Gasteiger partial charge < -0.3 is 5.32 Å². The average Bonchev–Trinajstić information content (AvgIpc) is 2.91. The van der Waals surface area contributed by atoms with E-state index in [2.05, 4.69) is 28.0 Å². The summed E-state index contributed by atoms with van der Waals surface area (Å²) in [6, 6.07) is 4.88. The van der Waals surface area contributed by atoms with Gasteiger partial charge in [-0.2, -0.15) is 5.10 Å². The van der Waals surface area contributed by atoms with E-state index in [4.69, 9.17) is 0 Å². The number of hydrazone groups is 1. The molecule has 2 fully saturated rings. The van der Waals surface area contributed by atoms with Gasteiger partial charge in [-0.05, 0) is 67.6 Å². The highest BCUT2D eigenvalue weighted by atomic mass is 19.1. The van der Waals surface area contributed by atoms with Crippen molar-refractivity contribution in [2.24, 2.45) is 22.9 Å². The number of halogens is 1. The largest absolute Gasteiger partial charge is 0.316 e. The standard InChI is InChI=1S/C16H18FN3/c17-11-5-6-14-10(7-11)3-1-2-4-15(20-19-14)16-12-8-18-9-13(12)16/h2,4-7,12-13,16,18-19H,1,3,8-9H2/b4-2+,20-15+. The smallest absolute Gasteiger partial charge is 0.123 e. The number of rotatable bonds is 1. The van der Waals surface area contributed by atoms with E-state index >= 15 is 0 Å². The normalized spacial score (nSPS) is 35.5. The number of nitrogens with zero attached hydrogens (tertiary/aromatic N) is 1. The molecule has 1 aromatic rings. The molecular formula is C16H18FN3. The highest BCUT2D eigenvalue weighted by Gasteiger charge is 2.54. The Labute approximate surface area is 118 Å². The van der Waals surface area contributed by atoms with Crippen molar-refractivity contribution >= 4 is 11.4 Å². The van der Waals surface area contributed by atoms with Crippen molar-refractivity contribution in [1.82, 2.24) is 5.32 Å². The van der Waals surface area contributed by atoms with E-state index in [1.165, 1.54) is 6.07 Å². The first-order valence-electron chi connectivity index (χ1n) is 7.32. The van der Waals surface area contributed by atoms with Crippen molar-refractivity contribution in [2.75, 3.05) is 18.5 Å². The fraction of sp³-hybridized carbons (Fsp3) is 0.438. The first-order chi connectivity index (χ1) is 9.83. The lowest BCUT2D eigenvalue weighted by atomic mass is 10.1. The molecule has 3 nitrogen and oxygen atoms in total. The molecule has 1 aromatic carbocycles. The van der Waals surface area contributed by atoms with Crippen molar-refractivity contribution in [2.45, 2.75) is 12.8 Å².